The quantitative estimate of drug-likeness (QED) is 0.639. The largest absolute Gasteiger partial charge is 0.480 e. The van der Waals surface area contributed by atoms with Gasteiger partial charge in [0.2, 0.25) is 0 Å². The summed E-state index contributed by atoms with van der Waals surface area (Å²) < 4.78 is 5.02. The van der Waals surface area contributed by atoms with E-state index in [1.807, 2.05) is 0 Å². The highest BCUT2D eigenvalue weighted by atomic mass is 16.6. The molecule has 0 aliphatic heterocycles. The third-order valence-corrected chi connectivity index (χ3v) is 2.56. The van der Waals surface area contributed by atoms with Crippen molar-refractivity contribution in [1.29, 1.82) is 0 Å². The highest BCUT2D eigenvalue weighted by Crippen LogP contribution is 2.30. The first-order valence-corrected chi connectivity index (χ1v) is 5.17. The van der Waals surface area contributed by atoms with Gasteiger partial charge in [-0.25, -0.2) is 4.79 Å². The first kappa shape index (κ1) is 12.8. The minimum Gasteiger partial charge on any atom is -0.480 e. The molecule has 1 fully saturated rings. The van der Waals surface area contributed by atoms with Gasteiger partial charge in [-0.3, -0.25) is 4.79 Å². The van der Waals surface area contributed by atoms with E-state index >= 15 is 0 Å². The van der Waals surface area contributed by atoms with Crippen LogP contribution in [0.4, 0.5) is 4.79 Å². The number of nitrogens with two attached hydrogens (primary N) is 1. The van der Waals surface area contributed by atoms with Gasteiger partial charge in [-0.05, 0) is 33.6 Å². The number of hydrogen-bond donors (Lipinski definition) is 3. The molecule has 4 N–H and O–H groups in total. The molecule has 2 atom stereocenters. The lowest BCUT2D eigenvalue weighted by atomic mass is 9.72. The highest BCUT2D eigenvalue weighted by molar-refractivity contribution is 5.82. The number of carbonyl (C=O) groups excluding carboxylic acids is 1. The van der Waals surface area contributed by atoms with Crippen LogP contribution in [-0.4, -0.2) is 34.4 Å². The molecule has 0 bridgehead atoms. The molecule has 6 nitrogen and oxygen atoms in total. The summed E-state index contributed by atoms with van der Waals surface area (Å²) in [4.78, 5) is 22.3. The van der Waals surface area contributed by atoms with Crippen molar-refractivity contribution in [3.8, 4) is 0 Å². The van der Waals surface area contributed by atoms with Crippen LogP contribution < -0.4 is 11.1 Å². The third-order valence-electron chi connectivity index (χ3n) is 2.56. The van der Waals surface area contributed by atoms with Crippen LogP contribution in [0.25, 0.3) is 0 Å². The van der Waals surface area contributed by atoms with Gasteiger partial charge in [0.1, 0.15) is 11.1 Å². The minimum absolute atomic E-state index is 0.364. The predicted molar refractivity (Wildman–Crippen MR) is 56.9 cm³/mol. The Morgan fingerprint density at radius 1 is 1.50 bits per heavy atom. The summed E-state index contributed by atoms with van der Waals surface area (Å²) in [7, 11) is 0. The Bertz CT molecular complexity index is 310. The van der Waals surface area contributed by atoms with Crippen molar-refractivity contribution in [1.82, 2.24) is 5.32 Å². The van der Waals surface area contributed by atoms with E-state index in [-0.39, 0.29) is 0 Å². The number of carboxylic acid groups (broad SMARTS) is 1. The minimum atomic E-state index is -1.35. The molecular formula is C10H18N2O4. The molecule has 0 spiro atoms. The Morgan fingerprint density at radius 2 is 2.06 bits per heavy atom. The van der Waals surface area contributed by atoms with Crippen LogP contribution in [0.3, 0.4) is 0 Å². The van der Waals surface area contributed by atoms with E-state index in [9.17, 15) is 9.59 Å². The Balaban J connectivity index is 2.51. The third kappa shape index (κ3) is 2.63. The fourth-order valence-electron chi connectivity index (χ4n) is 1.51. The van der Waals surface area contributed by atoms with Gasteiger partial charge in [-0.2, -0.15) is 0 Å². The Hall–Kier alpha value is -1.30. The molecule has 0 saturated heterocycles. The number of carboxylic acids is 1. The van der Waals surface area contributed by atoms with Crippen molar-refractivity contribution >= 4 is 12.1 Å². The molecule has 92 valence electrons. The van der Waals surface area contributed by atoms with Gasteiger partial charge < -0.3 is 20.9 Å². The number of rotatable bonds is 2. The second-order valence-corrected chi connectivity index (χ2v) is 5.08. The highest BCUT2D eigenvalue weighted by Gasteiger charge is 2.51. The van der Waals surface area contributed by atoms with E-state index in [2.05, 4.69) is 5.32 Å². The smallest absolute Gasteiger partial charge is 0.407 e. The monoisotopic (exact) mass is 230 g/mol. The summed E-state index contributed by atoms with van der Waals surface area (Å²) in [5.41, 5.74) is 3.68. The lowest BCUT2D eigenvalue weighted by Crippen LogP contribution is -2.70. The predicted octanol–water partition coefficient (Wildman–Crippen LogP) is 0.456. The lowest BCUT2D eigenvalue weighted by molar-refractivity contribution is -0.148. The number of hydrogen-bond acceptors (Lipinski definition) is 4. The van der Waals surface area contributed by atoms with Crippen molar-refractivity contribution in [3.05, 3.63) is 0 Å². The number of nitrogens with one attached hydrogen (secondary N) is 1. The standard InChI is InChI=1S/C10H18N2O4/c1-9(2,3)16-8(15)12-6-4-5-10(6,11)7(13)14/h6H,4-5,11H2,1-3H3,(H,12,15)(H,13,14). The second-order valence-electron chi connectivity index (χ2n) is 5.08. The van der Waals surface area contributed by atoms with Gasteiger partial charge in [0, 0.05) is 0 Å². The molecule has 6 heteroatoms. The van der Waals surface area contributed by atoms with E-state index in [0.29, 0.717) is 12.8 Å². The van der Waals surface area contributed by atoms with Gasteiger partial charge in [-0.1, -0.05) is 0 Å². The van der Waals surface area contributed by atoms with Gasteiger partial charge in [0.25, 0.3) is 0 Å². The van der Waals surface area contributed by atoms with Crippen molar-refractivity contribution in [2.75, 3.05) is 0 Å². The summed E-state index contributed by atoms with van der Waals surface area (Å²) in [5, 5.41) is 11.4. The maximum Gasteiger partial charge on any atom is 0.407 e. The number of alkyl carbamates (subject to hydrolysis) is 1. The van der Waals surface area contributed by atoms with E-state index in [4.69, 9.17) is 15.6 Å². The van der Waals surface area contributed by atoms with Crippen LogP contribution in [-0.2, 0) is 9.53 Å². The topological polar surface area (TPSA) is 102 Å². The molecule has 0 aromatic carbocycles. The summed E-state index contributed by atoms with van der Waals surface area (Å²) in [6.45, 7) is 5.21. The Labute approximate surface area is 94.1 Å². The molecule has 0 radical (unpaired) electrons. The lowest BCUT2D eigenvalue weighted by Gasteiger charge is -2.43. The molecule has 2 unspecified atom stereocenters. The van der Waals surface area contributed by atoms with Crippen molar-refractivity contribution < 1.29 is 19.4 Å². The summed E-state index contributed by atoms with van der Waals surface area (Å²) in [6.07, 6.45) is 0.290. The number of ether oxygens (including phenoxy) is 1. The average molecular weight is 230 g/mol. The van der Waals surface area contributed by atoms with E-state index in [1.165, 1.54) is 0 Å². The number of aliphatic carboxylic acids is 1. The Morgan fingerprint density at radius 3 is 2.38 bits per heavy atom. The zero-order chi connectivity index (χ0) is 12.6. The van der Waals surface area contributed by atoms with E-state index < -0.39 is 29.2 Å². The summed E-state index contributed by atoms with van der Waals surface area (Å²) in [6, 6.07) is -0.556. The molecule has 1 amide bonds. The number of carbonyl (C=O) groups is 2. The van der Waals surface area contributed by atoms with Gasteiger partial charge in [0.05, 0.1) is 6.04 Å². The fraction of sp³-hybridized carbons (Fsp3) is 0.800. The summed E-state index contributed by atoms with van der Waals surface area (Å²) in [5.74, 6) is -1.10. The zero-order valence-corrected chi connectivity index (χ0v) is 9.74. The molecule has 16 heavy (non-hydrogen) atoms. The number of amides is 1. The zero-order valence-electron chi connectivity index (χ0n) is 9.74. The van der Waals surface area contributed by atoms with Crippen molar-refractivity contribution in [3.63, 3.8) is 0 Å². The van der Waals surface area contributed by atoms with Crippen LogP contribution in [0.5, 0.6) is 0 Å². The molecule has 1 saturated carbocycles. The summed E-state index contributed by atoms with van der Waals surface area (Å²) >= 11 is 0. The molecular weight excluding hydrogens is 212 g/mol. The molecule has 0 aromatic heterocycles. The average Bonchev–Trinajstić information content (AvgIpc) is 2.08. The first-order chi connectivity index (χ1) is 7.15. The van der Waals surface area contributed by atoms with Crippen LogP contribution in [0.1, 0.15) is 33.6 Å². The van der Waals surface area contributed by atoms with Gasteiger partial charge >= 0.3 is 12.1 Å². The first-order valence-electron chi connectivity index (χ1n) is 5.17. The molecule has 0 aromatic rings. The van der Waals surface area contributed by atoms with Crippen molar-refractivity contribution in [2.24, 2.45) is 5.73 Å². The molecule has 0 heterocycles. The van der Waals surface area contributed by atoms with Crippen LogP contribution in [0, 0.1) is 0 Å². The van der Waals surface area contributed by atoms with Crippen LogP contribution in [0.15, 0.2) is 0 Å². The maximum atomic E-state index is 11.4. The fourth-order valence-corrected chi connectivity index (χ4v) is 1.51. The van der Waals surface area contributed by atoms with Crippen LogP contribution >= 0.6 is 0 Å². The maximum absolute atomic E-state index is 11.4. The molecule has 1 rings (SSSR count). The van der Waals surface area contributed by atoms with Crippen LogP contribution in [0.2, 0.25) is 0 Å². The van der Waals surface area contributed by atoms with Crippen molar-refractivity contribution in [2.45, 2.75) is 50.8 Å². The van der Waals surface area contributed by atoms with E-state index in [1.54, 1.807) is 20.8 Å². The van der Waals surface area contributed by atoms with Gasteiger partial charge in [-0.15, -0.1) is 0 Å². The van der Waals surface area contributed by atoms with E-state index in [0.717, 1.165) is 0 Å². The molecule has 1 aliphatic rings. The SMILES string of the molecule is CC(C)(C)OC(=O)NC1CCC1(N)C(=O)O. The second kappa shape index (κ2) is 3.93. The normalized spacial score (nSPS) is 29.1. The molecule has 1 aliphatic carbocycles. The van der Waals surface area contributed by atoms with Gasteiger partial charge in [0.15, 0.2) is 0 Å². The Kier molecular flexibility index (Phi) is 3.14.